The zero-order valence-electron chi connectivity index (χ0n) is 13.2. The van der Waals surface area contributed by atoms with E-state index in [-0.39, 0.29) is 18.2 Å². The van der Waals surface area contributed by atoms with Gasteiger partial charge < -0.3 is 5.32 Å². The van der Waals surface area contributed by atoms with E-state index < -0.39 is 0 Å². The van der Waals surface area contributed by atoms with E-state index in [1.165, 1.54) is 30.4 Å². The first kappa shape index (κ1) is 18.4. The van der Waals surface area contributed by atoms with Crippen molar-refractivity contribution >= 4 is 12.4 Å². The summed E-state index contributed by atoms with van der Waals surface area (Å²) in [4.78, 5) is 2.52. The highest BCUT2D eigenvalue weighted by Gasteiger charge is 2.23. The van der Waals surface area contributed by atoms with Crippen LogP contribution in [-0.4, -0.2) is 31.1 Å². The normalized spacial score (nSPS) is 17.3. The molecule has 0 spiro atoms. The largest absolute Gasteiger partial charge is 0.314 e. The minimum Gasteiger partial charge on any atom is -0.314 e. The van der Waals surface area contributed by atoms with Crippen LogP contribution in [0.25, 0.3) is 0 Å². The fraction of sp³-hybridized carbons (Fsp3) is 0.647. The van der Waals surface area contributed by atoms with Crippen molar-refractivity contribution in [3.63, 3.8) is 0 Å². The Labute approximate surface area is 134 Å². The van der Waals surface area contributed by atoms with E-state index in [1.807, 2.05) is 6.07 Å². The molecule has 1 aromatic rings. The van der Waals surface area contributed by atoms with Gasteiger partial charge in [-0.25, -0.2) is 4.39 Å². The maximum Gasteiger partial charge on any atom is 0.123 e. The van der Waals surface area contributed by atoms with Gasteiger partial charge in [-0.05, 0) is 36.6 Å². The highest BCUT2D eigenvalue weighted by molar-refractivity contribution is 5.85. The summed E-state index contributed by atoms with van der Waals surface area (Å²) in [5.41, 5.74) is 2.40. The Hall–Kier alpha value is -0.640. The van der Waals surface area contributed by atoms with Crippen molar-refractivity contribution in [3.8, 4) is 0 Å². The van der Waals surface area contributed by atoms with E-state index in [4.69, 9.17) is 0 Å². The molecule has 1 atom stereocenters. The lowest BCUT2D eigenvalue weighted by Crippen LogP contribution is -2.45. The molecule has 1 fully saturated rings. The van der Waals surface area contributed by atoms with E-state index in [9.17, 15) is 4.39 Å². The van der Waals surface area contributed by atoms with Gasteiger partial charge in [-0.2, -0.15) is 0 Å². The highest BCUT2D eigenvalue weighted by atomic mass is 35.5. The molecule has 0 saturated carbocycles. The molecule has 1 aromatic carbocycles. The van der Waals surface area contributed by atoms with Crippen LogP contribution in [0.1, 0.15) is 49.8 Å². The zero-order valence-corrected chi connectivity index (χ0v) is 14.0. The second kappa shape index (κ2) is 9.39. The average molecular weight is 315 g/mol. The van der Waals surface area contributed by atoms with Gasteiger partial charge >= 0.3 is 0 Å². The van der Waals surface area contributed by atoms with Gasteiger partial charge in [0.1, 0.15) is 5.82 Å². The minimum absolute atomic E-state index is 0. The molecule has 120 valence electrons. The van der Waals surface area contributed by atoms with E-state index in [2.05, 4.69) is 24.1 Å². The Morgan fingerprint density at radius 3 is 2.62 bits per heavy atom. The highest BCUT2D eigenvalue weighted by Crippen LogP contribution is 2.30. The molecule has 2 rings (SSSR count). The number of hydrogen-bond donors (Lipinski definition) is 1. The van der Waals surface area contributed by atoms with Crippen molar-refractivity contribution in [2.75, 3.05) is 26.2 Å². The quantitative estimate of drug-likeness (QED) is 0.796. The third-order valence-electron chi connectivity index (χ3n) is 4.27. The zero-order chi connectivity index (χ0) is 14.4. The van der Waals surface area contributed by atoms with E-state index in [0.29, 0.717) is 6.04 Å². The molecular formula is C17H28ClFN2. The smallest absolute Gasteiger partial charge is 0.123 e. The Kier molecular flexibility index (Phi) is 8.23. The number of nitrogens with zero attached hydrogens (tertiary/aromatic N) is 1. The van der Waals surface area contributed by atoms with Crippen LogP contribution in [0.3, 0.4) is 0 Å². The van der Waals surface area contributed by atoms with Crippen molar-refractivity contribution in [1.82, 2.24) is 10.2 Å². The van der Waals surface area contributed by atoms with E-state index in [1.54, 1.807) is 12.1 Å². The number of aryl methyl sites for hydroxylation is 1. The topological polar surface area (TPSA) is 15.3 Å². The molecule has 1 N–H and O–H groups in total. The summed E-state index contributed by atoms with van der Waals surface area (Å²) in [6.07, 6.45) is 4.85. The standard InChI is InChI=1S/C17H27FN2.ClH/c1-3-4-5-6-17(20-11-9-19-10-12-20)16-13-15(18)8-7-14(16)2;/h7-8,13,17,19H,3-6,9-12H2,1-2H3;1H/t17-;/m1./s1. The van der Waals surface area contributed by atoms with Gasteiger partial charge in [-0.3, -0.25) is 4.90 Å². The summed E-state index contributed by atoms with van der Waals surface area (Å²) in [5, 5.41) is 3.40. The molecule has 2 nitrogen and oxygen atoms in total. The fourth-order valence-electron chi connectivity index (χ4n) is 3.09. The number of benzene rings is 1. The van der Waals surface area contributed by atoms with Gasteiger partial charge in [-0.1, -0.05) is 32.3 Å². The Morgan fingerprint density at radius 2 is 1.95 bits per heavy atom. The molecule has 1 saturated heterocycles. The molecule has 0 aromatic heterocycles. The van der Waals surface area contributed by atoms with Crippen molar-refractivity contribution in [2.45, 2.75) is 45.6 Å². The van der Waals surface area contributed by atoms with Gasteiger partial charge in [0.25, 0.3) is 0 Å². The van der Waals surface area contributed by atoms with Crippen LogP contribution in [0, 0.1) is 12.7 Å². The minimum atomic E-state index is -0.110. The SMILES string of the molecule is CCCCC[C@H](c1cc(F)ccc1C)N1CCNCC1.Cl. The van der Waals surface area contributed by atoms with Gasteiger partial charge in [-0.15, -0.1) is 12.4 Å². The van der Waals surface area contributed by atoms with Gasteiger partial charge in [0.05, 0.1) is 0 Å². The first-order valence-electron chi connectivity index (χ1n) is 7.93. The molecular weight excluding hydrogens is 287 g/mol. The summed E-state index contributed by atoms with van der Waals surface area (Å²) in [6, 6.07) is 5.60. The molecule has 4 heteroatoms. The van der Waals surface area contributed by atoms with Crippen LogP contribution < -0.4 is 5.32 Å². The summed E-state index contributed by atoms with van der Waals surface area (Å²) >= 11 is 0. The van der Waals surface area contributed by atoms with Crippen LogP contribution >= 0.6 is 12.4 Å². The number of nitrogens with one attached hydrogen (secondary N) is 1. The second-order valence-corrected chi connectivity index (χ2v) is 5.80. The molecule has 1 aliphatic heterocycles. The summed E-state index contributed by atoms with van der Waals surface area (Å²) < 4.78 is 13.6. The van der Waals surface area contributed by atoms with Gasteiger partial charge in [0, 0.05) is 32.2 Å². The lowest BCUT2D eigenvalue weighted by atomic mass is 9.94. The molecule has 1 aliphatic rings. The number of halogens is 2. The number of piperazine rings is 1. The van der Waals surface area contributed by atoms with E-state index >= 15 is 0 Å². The van der Waals surface area contributed by atoms with Gasteiger partial charge in [0.2, 0.25) is 0 Å². The maximum atomic E-state index is 13.6. The molecule has 0 bridgehead atoms. The molecule has 0 unspecified atom stereocenters. The monoisotopic (exact) mass is 314 g/mol. The molecule has 0 aliphatic carbocycles. The van der Waals surface area contributed by atoms with E-state index in [0.717, 1.165) is 32.6 Å². The second-order valence-electron chi connectivity index (χ2n) is 5.80. The van der Waals surface area contributed by atoms with Crippen molar-refractivity contribution in [1.29, 1.82) is 0 Å². The van der Waals surface area contributed by atoms with Crippen molar-refractivity contribution < 1.29 is 4.39 Å². The third kappa shape index (κ3) is 5.24. The van der Waals surface area contributed by atoms with Crippen LogP contribution in [0.4, 0.5) is 4.39 Å². The van der Waals surface area contributed by atoms with Gasteiger partial charge in [0.15, 0.2) is 0 Å². The summed E-state index contributed by atoms with van der Waals surface area (Å²) in [7, 11) is 0. The first-order valence-corrected chi connectivity index (χ1v) is 7.93. The summed E-state index contributed by atoms with van der Waals surface area (Å²) in [5.74, 6) is -0.110. The van der Waals surface area contributed by atoms with Crippen molar-refractivity contribution in [2.24, 2.45) is 0 Å². The maximum absolute atomic E-state index is 13.6. The molecule has 0 radical (unpaired) electrons. The first-order chi connectivity index (χ1) is 9.72. The Bertz CT molecular complexity index is 419. The predicted octanol–water partition coefficient (Wildman–Crippen LogP) is 4.08. The number of hydrogen-bond acceptors (Lipinski definition) is 2. The fourth-order valence-corrected chi connectivity index (χ4v) is 3.09. The van der Waals surface area contributed by atoms with Crippen LogP contribution in [0.15, 0.2) is 18.2 Å². The molecule has 1 heterocycles. The van der Waals surface area contributed by atoms with Crippen LogP contribution in [0.5, 0.6) is 0 Å². The molecule has 21 heavy (non-hydrogen) atoms. The third-order valence-corrected chi connectivity index (χ3v) is 4.27. The van der Waals surface area contributed by atoms with Crippen molar-refractivity contribution in [3.05, 3.63) is 35.1 Å². The molecule has 0 amide bonds. The number of unbranched alkanes of at least 4 members (excludes halogenated alkanes) is 2. The average Bonchev–Trinajstić information content (AvgIpc) is 2.48. The number of rotatable bonds is 6. The summed E-state index contributed by atoms with van der Waals surface area (Å²) in [6.45, 7) is 8.54. The Balaban J connectivity index is 0.00000220. The predicted molar refractivity (Wildman–Crippen MR) is 89.7 cm³/mol. The van der Waals surface area contributed by atoms with Crippen LogP contribution in [-0.2, 0) is 0 Å². The van der Waals surface area contributed by atoms with Crippen LogP contribution in [0.2, 0.25) is 0 Å². The Morgan fingerprint density at radius 1 is 1.24 bits per heavy atom. The lowest BCUT2D eigenvalue weighted by Gasteiger charge is -2.36. The lowest BCUT2D eigenvalue weighted by molar-refractivity contribution is 0.162.